The van der Waals surface area contributed by atoms with E-state index < -0.39 is 44.3 Å². The molecule has 10 heteroatoms. The van der Waals surface area contributed by atoms with Gasteiger partial charge in [0.25, 0.3) is 5.69 Å². The first-order valence-electron chi connectivity index (χ1n) is 5.77. The van der Waals surface area contributed by atoms with E-state index >= 15 is 0 Å². The zero-order chi connectivity index (χ0) is 16.3. The van der Waals surface area contributed by atoms with Gasteiger partial charge in [-0.25, -0.2) is 13.1 Å². The Hall–Kier alpha value is -1.75. The van der Waals surface area contributed by atoms with Gasteiger partial charge in [0.05, 0.1) is 30.8 Å². The molecule has 0 aliphatic carbocycles. The van der Waals surface area contributed by atoms with Crippen molar-refractivity contribution in [2.24, 2.45) is 0 Å². The summed E-state index contributed by atoms with van der Waals surface area (Å²) in [6, 6.07) is 3.10. The topological polar surface area (TPSA) is 139 Å². The standard InChI is InChI=1S/C11H16N2O7S/c1-11(6-14,7-15)12-21(18,19)10-5-8(13(16)17)3-4-9(10)20-2/h3-5,12,14-15H,6-7H2,1-2H3. The second-order valence-electron chi connectivity index (χ2n) is 4.57. The highest BCUT2D eigenvalue weighted by molar-refractivity contribution is 7.89. The number of aliphatic hydroxyl groups excluding tert-OH is 2. The van der Waals surface area contributed by atoms with Crippen molar-refractivity contribution in [1.29, 1.82) is 0 Å². The van der Waals surface area contributed by atoms with E-state index in [4.69, 9.17) is 14.9 Å². The molecule has 21 heavy (non-hydrogen) atoms. The number of non-ortho nitro benzene ring substituents is 1. The Kier molecular flexibility index (Phi) is 5.23. The Labute approximate surface area is 121 Å². The molecule has 0 atom stereocenters. The highest BCUT2D eigenvalue weighted by atomic mass is 32.2. The third-order valence-electron chi connectivity index (χ3n) is 2.73. The number of ether oxygens (including phenoxy) is 1. The average molecular weight is 320 g/mol. The zero-order valence-electron chi connectivity index (χ0n) is 11.4. The molecule has 3 N–H and O–H groups in total. The van der Waals surface area contributed by atoms with Gasteiger partial charge in [-0.15, -0.1) is 0 Å². The molecule has 1 rings (SSSR count). The molecule has 0 amide bonds. The molecular formula is C11H16N2O7S. The van der Waals surface area contributed by atoms with Crippen LogP contribution in [0.5, 0.6) is 5.75 Å². The van der Waals surface area contributed by atoms with E-state index in [0.717, 1.165) is 18.2 Å². The van der Waals surface area contributed by atoms with Crippen molar-refractivity contribution in [3.63, 3.8) is 0 Å². The van der Waals surface area contributed by atoms with E-state index in [1.807, 2.05) is 0 Å². The van der Waals surface area contributed by atoms with E-state index in [1.54, 1.807) is 0 Å². The largest absolute Gasteiger partial charge is 0.495 e. The van der Waals surface area contributed by atoms with Gasteiger partial charge >= 0.3 is 0 Å². The average Bonchev–Trinajstić information content (AvgIpc) is 2.45. The minimum atomic E-state index is -4.24. The van der Waals surface area contributed by atoms with Crippen molar-refractivity contribution in [3.05, 3.63) is 28.3 Å². The molecule has 9 nitrogen and oxygen atoms in total. The summed E-state index contributed by atoms with van der Waals surface area (Å²) in [6.07, 6.45) is 0. The monoisotopic (exact) mass is 320 g/mol. The van der Waals surface area contributed by atoms with Crippen LogP contribution in [0.25, 0.3) is 0 Å². The van der Waals surface area contributed by atoms with Crippen LogP contribution in [0, 0.1) is 10.1 Å². The van der Waals surface area contributed by atoms with Crippen LogP contribution in [0.3, 0.4) is 0 Å². The molecule has 0 aliphatic rings. The number of benzene rings is 1. The van der Waals surface area contributed by atoms with Crippen LogP contribution in [0.4, 0.5) is 5.69 Å². The maximum atomic E-state index is 12.3. The van der Waals surface area contributed by atoms with Gasteiger partial charge in [-0.05, 0) is 13.0 Å². The van der Waals surface area contributed by atoms with Gasteiger partial charge in [-0.3, -0.25) is 10.1 Å². The predicted octanol–water partition coefficient (Wildman–Crippen LogP) is -0.375. The molecule has 0 saturated carbocycles. The smallest absolute Gasteiger partial charge is 0.271 e. The van der Waals surface area contributed by atoms with E-state index in [9.17, 15) is 18.5 Å². The third kappa shape index (κ3) is 3.88. The second kappa shape index (κ2) is 6.35. The van der Waals surface area contributed by atoms with Crippen LogP contribution in [0.2, 0.25) is 0 Å². The van der Waals surface area contributed by atoms with Gasteiger partial charge in [0.15, 0.2) is 0 Å². The number of aliphatic hydroxyl groups is 2. The Morgan fingerprint density at radius 1 is 1.38 bits per heavy atom. The summed E-state index contributed by atoms with van der Waals surface area (Å²) in [5.74, 6) is -0.0914. The fourth-order valence-corrected chi connectivity index (χ4v) is 3.06. The quantitative estimate of drug-likeness (QED) is 0.460. The van der Waals surface area contributed by atoms with Gasteiger partial charge in [-0.2, -0.15) is 0 Å². The summed E-state index contributed by atoms with van der Waals surface area (Å²) in [4.78, 5) is 9.55. The van der Waals surface area contributed by atoms with Crippen molar-refractivity contribution in [2.45, 2.75) is 17.4 Å². The number of nitro groups is 1. The summed E-state index contributed by atoms with van der Waals surface area (Å²) in [5.41, 5.74) is -1.93. The fraction of sp³-hybridized carbons (Fsp3) is 0.455. The highest BCUT2D eigenvalue weighted by Crippen LogP contribution is 2.28. The Morgan fingerprint density at radius 2 is 1.95 bits per heavy atom. The molecule has 0 radical (unpaired) electrons. The highest BCUT2D eigenvalue weighted by Gasteiger charge is 2.32. The minimum absolute atomic E-state index is 0.0914. The number of rotatable bonds is 7. The van der Waals surface area contributed by atoms with Crippen LogP contribution >= 0.6 is 0 Å². The Balaban J connectivity index is 3.36. The minimum Gasteiger partial charge on any atom is -0.495 e. The first-order chi connectivity index (χ1) is 9.69. The molecule has 0 bridgehead atoms. The number of hydrogen-bond donors (Lipinski definition) is 3. The Bertz CT molecular complexity index is 625. The summed E-state index contributed by atoms with van der Waals surface area (Å²) in [5, 5.41) is 29.0. The van der Waals surface area contributed by atoms with Gasteiger partial charge in [0.2, 0.25) is 10.0 Å². The number of hydrogen-bond acceptors (Lipinski definition) is 7. The van der Waals surface area contributed by atoms with Crippen molar-refractivity contribution in [3.8, 4) is 5.75 Å². The summed E-state index contributed by atoms with van der Waals surface area (Å²) < 4.78 is 31.5. The lowest BCUT2D eigenvalue weighted by Crippen LogP contribution is -2.51. The van der Waals surface area contributed by atoms with Crippen LogP contribution in [0.1, 0.15) is 6.92 Å². The molecule has 1 aromatic carbocycles. The number of nitro benzene ring substituents is 1. The van der Waals surface area contributed by atoms with Gasteiger partial charge in [0, 0.05) is 12.1 Å². The predicted molar refractivity (Wildman–Crippen MR) is 72.5 cm³/mol. The SMILES string of the molecule is COc1ccc([N+](=O)[O-])cc1S(=O)(=O)NC(C)(CO)CO. The summed E-state index contributed by atoms with van der Waals surface area (Å²) >= 11 is 0. The molecular weight excluding hydrogens is 304 g/mol. The van der Waals surface area contributed by atoms with Crippen molar-refractivity contribution in [2.75, 3.05) is 20.3 Å². The molecule has 0 heterocycles. The van der Waals surface area contributed by atoms with Gasteiger partial charge < -0.3 is 14.9 Å². The van der Waals surface area contributed by atoms with E-state index in [2.05, 4.69) is 4.72 Å². The lowest BCUT2D eigenvalue weighted by molar-refractivity contribution is -0.385. The molecule has 0 spiro atoms. The summed E-state index contributed by atoms with van der Waals surface area (Å²) in [6.45, 7) is -0.0195. The molecule has 0 unspecified atom stereocenters. The zero-order valence-corrected chi connectivity index (χ0v) is 12.3. The van der Waals surface area contributed by atoms with Crippen LogP contribution in [0.15, 0.2) is 23.1 Å². The third-order valence-corrected chi connectivity index (χ3v) is 4.39. The maximum Gasteiger partial charge on any atom is 0.271 e. The van der Waals surface area contributed by atoms with E-state index in [-0.39, 0.29) is 5.75 Å². The van der Waals surface area contributed by atoms with Crippen molar-refractivity contribution >= 4 is 15.7 Å². The number of sulfonamides is 1. The number of nitrogens with zero attached hydrogens (tertiary/aromatic N) is 1. The van der Waals surface area contributed by atoms with E-state index in [0.29, 0.717) is 0 Å². The molecule has 1 aromatic rings. The lowest BCUT2D eigenvalue weighted by atomic mass is 10.1. The van der Waals surface area contributed by atoms with Crippen LogP contribution < -0.4 is 9.46 Å². The molecule has 0 aromatic heterocycles. The van der Waals surface area contributed by atoms with Crippen molar-refractivity contribution in [1.82, 2.24) is 4.72 Å². The first kappa shape index (κ1) is 17.3. The van der Waals surface area contributed by atoms with Crippen LogP contribution in [-0.4, -0.2) is 49.4 Å². The first-order valence-corrected chi connectivity index (χ1v) is 7.25. The number of nitrogens with one attached hydrogen (secondary N) is 1. The molecule has 0 aliphatic heterocycles. The number of methoxy groups -OCH3 is 1. The molecule has 0 fully saturated rings. The Morgan fingerprint density at radius 3 is 2.38 bits per heavy atom. The second-order valence-corrected chi connectivity index (χ2v) is 6.23. The molecule has 118 valence electrons. The van der Waals surface area contributed by atoms with E-state index in [1.165, 1.54) is 14.0 Å². The maximum absolute atomic E-state index is 12.3. The van der Waals surface area contributed by atoms with Gasteiger partial charge in [-0.1, -0.05) is 0 Å². The van der Waals surface area contributed by atoms with Crippen molar-refractivity contribution < 1.29 is 28.3 Å². The molecule has 0 saturated heterocycles. The summed E-state index contributed by atoms with van der Waals surface area (Å²) in [7, 11) is -3.02. The normalized spacial score (nSPS) is 12.2. The van der Waals surface area contributed by atoms with Crippen LogP contribution in [-0.2, 0) is 10.0 Å². The van der Waals surface area contributed by atoms with Gasteiger partial charge in [0.1, 0.15) is 10.6 Å². The lowest BCUT2D eigenvalue weighted by Gasteiger charge is -2.26. The fourth-order valence-electron chi connectivity index (χ4n) is 1.48.